The van der Waals surface area contributed by atoms with Crippen molar-refractivity contribution < 1.29 is 19.4 Å². The van der Waals surface area contributed by atoms with Crippen molar-refractivity contribution in [1.82, 2.24) is 4.90 Å². The van der Waals surface area contributed by atoms with Crippen LogP contribution in [0.3, 0.4) is 0 Å². The highest BCUT2D eigenvalue weighted by Gasteiger charge is 2.44. The normalized spacial score (nSPS) is 17.9. The number of carbonyl (C=O) groups is 2. The van der Waals surface area contributed by atoms with Gasteiger partial charge in [-0.15, -0.1) is 11.3 Å². The Morgan fingerprint density at radius 3 is 2.58 bits per heavy atom. The first-order chi connectivity index (χ1) is 12.2. The van der Waals surface area contributed by atoms with E-state index in [1.165, 1.54) is 11.3 Å². The van der Waals surface area contributed by atoms with Crippen LogP contribution in [0.5, 0.6) is 0 Å². The summed E-state index contributed by atoms with van der Waals surface area (Å²) in [7, 11) is 0. The van der Waals surface area contributed by atoms with E-state index in [0.29, 0.717) is 26.0 Å². The van der Waals surface area contributed by atoms with E-state index in [1.54, 1.807) is 4.90 Å². The van der Waals surface area contributed by atoms with Gasteiger partial charge in [0.2, 0.25) is 0 Å². The summed E-state index contributed by atoms with van der Waals surface area (Å²) in [6.07, 6.45) is 1.11. The summed E-state index contributed by atoms with van der Waals surface area (Å²) in [6, 6.07) is 1.48. The molecule has 1 atom stereocenters. The lowest BCUT2D eigenvalue weighted by atomic mass is 9.94. The summed E-state index contributed by atoms with van der Waals surface area (Å²) in [4.78, 5) is 28.0. The number of Topliss-reactive ketones (excluding diaryl/α,β-unsaturated/α-hetero) is 1. The Morgan fingerprint density at radius 2 is 2.04 bits per heavy atom. The highest BCUT2D eigenvalue weighted by Crippen LogP contribution is 2.41. The molecule has 1 unspecified atom stereocenters. The number of aliphatic hydroxyl groups excluding tert-OH is 1. The lowest BCUT2D eigenvalue weighted by Crippen LogP contribution is -2.32. The molecule has 1 aliphatic heterocycles. The van der Waals surface area contributed by atoms with Crippen LogP contribution in [0.15, 0.2) is 22.8 Å². The third kappa shape index (κ3) is 4.54. The van der Waals surface area contributed by atoms with Crippen molar-refractivity contribution in [2.45, 2.75) is 59.6 Å². The third-order valence-electron chi connectivity index (χ3n) is 4.34. The molecule has 26 heavy (non-hydrogen) atoms. The van der Waals surface area contributed by atoms with Crippen LogP contribution in [-0.2, 0) is 14.3 Å². The Labute approximate surface area is 159 Å². The van der Waals surface area contributed by atoms with Gasteiger partial charge in [0.1, 0.15) is 0 Å². The molecule has 5 nitrogen and oxygen atoms in total. The molecule has 6 heteroatoms. The fourth-order valence-corrected chi connectivity index (χ4v) is 4.19. The number of ether oxygens (including phenoxy) is 1. The van der Waals surface area contributed by atoms with Crippen LogP contribution in [0.25, 0.3) is 0 Å². The first-order valence-electron chi connectivity index (χ1n) is 9.16. The maximum atomic E-state index is 12.8. The van der Waals surface area contributed by atoms with E-state index in [2.05, 4.69) is 0 Å². The molecule has 1 aliphatic rings. The van der Waals surface area contributed by atoms with E-state index in [1.807, 2.05) is 46.1 Å². The Hall–Kier alpha value is -1.66. The van der Waals surface area contributed by atoms with E-state index in [0.717, 1.165) is 10.4 Å². The zero-order valence-corrected chi connectivity index (χ0v) is 17.1. The maximum Gasteiger partial charge on any atom is 0.290 e. The van der Waals surface area contributed by atoms with Gasteiger partial charge >= 0.3 is 0 Å². The number of hydrogen-bond donors (Lipinski definition) is 1. The van der Waals surface area contributed by atoms with Crippen LogP contribution in [0.1, 0.15) is 57.0 Å². The van der Waals surface area contributed by atoms with Crippen LogP contribution in [0, 0.1) is 12.8 Å². The number of aliphatic hydroxyl groups is 1. The highest BCUT2D eigenvalue weighted by atomic mass is 32.1. The van der Waals surface area contributed by atoms with Crippen molar-refractivity contribution in [2.24, 2.45) is 5.92 Å². The molecule has 144 valence electrons. The molecule has 0 radical (unpaired) electrons. The molecule has 0 spiro atoms. The third-order valence-corrected chi connectivity index (χ3v) is 5.41. The van der Waals surface area contributed by atoms with E-state index in [4.69, 9.17) is 4.74 Å². The Morgan fingerprint density at radius 1 is 1.35 bits per heavy atom. The van der Waals surface area contributed by atoms with Crippen molar-refractivity contribution in [2.75, 3.05) is 13.2 Å². The molecule has 0 aliphatic carbocycles. The topological polar surface area (TPSA) is 66.8 Å². The quantitative estimate of drug-likeness (QED) is 0.654. The van der Waals surface area contributed by atoms with Crippen molar-refractivity contribution in [3.05, 3.63) is 33.2 Å². The number of rotatable bonds is 9. The molecular weight excluding hydrogens is 350 g/mol. The van der Waals surface area contributed by atoms with Crippen LogP contribution in [0.2, 0.25) is 0 Å². The minimum absolute atomic E-state index is 0.134. The van der Waals surface area contributed by atoms with E-state index >= 15 is 0 Å². The summed E-state index contributed by atoms with van der Waals surface area (Å²) >= 11 is 1.52. The lowest BCUT2D eigenvalue weighted by molar-refractivity contribution is -0.129. The molecule has 1 aromatic heterocycles. The summed E-state index contributed by atoms with van der Waals surface area (Å²) in [5.41, 5.74) is 1.28. The van der Waals surface area contributed by atoms with Gasteiger partial charge in [0.05, 0.1) is 17.7 Å². The lowest BCUT2D eigenvalue weighted by Gasteiger charge is -2.26. The maximum absolute atomic E-state index is 12.8. The second kappa shape index (κ2) is 8.82. The van der Waals surface area contributed by atoms with Gasteiger partial charge < -0.3 is 14.7 Å². The Bertz CT molecular complexity index is 690. The molecule has 0 saturated heterocycles. The number of nitrogens with zero attached hydrogens (tertiary/aromatic N) is 1. The van der Waals surface area contributed by atoms with E-state index in [9.17, 15) is 14.7 Å². The molecular formula is C20H29NO4S. The van der Waals surface area contributed by atoms with Gasteiger partial charge in [-0.05, 0) is 50.1 Å². The molecule has 0 fully saturated rings. The Kier molecular flexibility index (Phi) is 7.01. The van der Waals surface area contributed by atoms with Crippen molar-refractivity contribution in [3.63, 3.8) is 0 Å². The van der Waals surface area contributed by atoms with Crippen LogP contribution < -0.4 is 0 Å². The average Bonchev–Trinajstić information content (AvgIpc) is 3.06. The minimum Gasteiger partial charge on any atom is -0.503 e. The average molecular weight is 380 g/mol. The predicted octanol–water partition coefficient (Wildman–Crippen LogP) is 4.18. The summed E-state index contributed by atoms with van der Waals surface area (Å²) in [5.74, 6) is -0.835. The fourth-order valence-electron chi connectivity index (χ4n) is 3.14. The molecule has 1 aromatic rings. The molecule has 2 rings (SSSR count). The number of carbonyl (C=O) groups excluding carboxylic acids is 2. The van der Waals surface area contributed by atoms with Gasteiger partial charge in [-0.1, -0.05) is 13.8 Å². The molecule has 2 heterocycles. The van der Waals surface area contributed by atoms with Gasteiger partial charge in [0.25, 0.3) is 5.91 Å². The first kappa shape index (κ1) is 20.6. The van der Waals surface area contributed by atoms with Crippen molar-refractivity contribution >= 4 is 23.0 Å². The smallest absolute Gasteiger partial charge is 0.290 e. The van der Waals surface area contributed by atoms with Gasteiger partial charge in [0.15, 0.2) is 11.5 Å². The van der Waals surface area contributed by atoms with E-state index < -0.39 is 17.7 Å². The molecule has 1 amide bonds. The zero-order chi connectivity index (χ0) is 19.4. The predicted molar refractivity (Wildman–Crippen MR) is 103 cm³/mol. The molecule has 1 N–H and O–H groups in total. The molecule has 0 aromatic carbocycles. The highest BCUT2D eigenvalue weighted by molar-refractivity contribution is 7.10. The van der Waals surface area contributed by atoms with Crippen molar-refractivity contribution in [1.29, 1.82) is 0 Å². The zero-order valence-electron chi connectivity index (χ0n) is 16.2. The van der Waals surface area contributed by atoms with Gasteiger partial charge in [-0.3, -0.25) is 9.59 Å². The monoisotopic (exact) mass is 379 g/mol. The van der Waals surface area contributed by atoms with Gasteiger partial charge in [-0.25, -0.2) is 0 Å². The van der Waals surface area contributed by atoms with Crippen LogP contribution in [-0.4, -0.2) is 41.0 Å². The summed E-state index contributed by atoms with van der Waals surface area (Å²) in [5, 5.41) is 12.4. The van der Waals surface area contributed by atoms with Crippen molar-refractivity contribution in [3.8, 4) is 0 Å². The first-order valence-corrected chi connectivity index (χ1v) is 10.0. The number of ketones is 1. The van der Waals surface area contributed by atoms with Crippen LogP contribution in [0.4, 0.5) is 0 Å². The van der Waals surface area contributed by atoms with Gasteiger partial charge in [-0.2, -0.15) is 0 Å². The summed E-state index contributed by atoms with van der Waals surface area (Å²) in [6.45, 7) is 10.8. The Balaban J connectivity index is 2.29. The second-order valence-electron chi connectivity index (χ2n) is 7.43. The minimum atomic E-state index is -0.493. The van der Waals surface area contributed by atoms with E-state index in [-0.39, 0.29) is 23.4 Å². The molecule has 0 bridgehead atoms. The number of thiophene rings is 1. The largest absolute Gasteiger partial charge is 0.503 e. The SMILES string of the molecule is Cc1ccsc1C1C(C(=O)CC(C)C)=C(O)C(=O)N1CCCOC(C)C. The fraction of sp³-hybridized carbons (Fsp3) is 0.600. The number of hydrogen-bond acceptors (Lipinski definition) is 5. The number of amides is 1. The molecule has 0 saturated carbocycles. The second-order valence-corrected chi connectivity index (χ2v) is 8.37. The van der Waals surface area contributed by atoms with Gasteiger partial charge in [0, 0.05) is 24.4 Å². The van der Waals surface area contributed by atoms with Crippen LogP contribution >= 0.6 is 11.3 Å². The number of aryl methyl sites for hydroxylation is 1. The summed E-state index contributed by atoms with van der Waals surface area (Å²) < 4.78 is 5.56. The standard InChI is InChI=1S/C20H29NO4S/c1-12(2)11-15(22)16-17(19-14(5)7-10-26-19)21(20(24)18(16)23)8-6-9-25-13(3)4/h7,10,12-13,17,23H,6,8-9,11H2,1-5H3.